The second kappa shape index (κ2) is 6.43. The van der Waals surface area contributed by atoms with Gasteiger partial charge in [-0.25, -0.2) is 0 Å². The number of hydrogen-bond donors (Lipinski definition) is 1. The average Bonchev–Trinajstić information content (AvgIpc) is 2.46. The zero-order valence-electron chi connectivity index (χ0n) is 10.8. The molecule has 0 bridgehead atoms. The maximum atomic E-state index is 11.9. The van der Waals surface area contributed by atoms with Gasteiger partial charge in [0.05, 0.1) is 5.92 Å². The molecule has 1 N–H and O–H groups in total. The summed E-state index contributed by atoms with van der Waals surface area (Å²) < 4.78 is 0. The van der Waals surface area contributed by atoms with Crippen molar-refractivity contribution in [2.75, 3.05) is 19.6 Å². The molecule has 0 spiro atoms. The maximum absolute atomic E-state index is 11.9. The first-order chi connectivity index (χ1) is 9.16. The van der Waals surface area contributed by atoms with Crippen LogP contribution in [0.4, 0.5) is 0 Å². The van der Waals surface area contributed by atoms with Gasteiger partial charge < -0.3 is 10.0 Å². The number of likely N-dealkylation sites (tertiary alicyclic amines) is 1. The fourth-order valence-electron chi connectivity index (χ4n) is 2.32. The number of carbonyl (C=O) groups is 2. The molecule has 1 aromatic rings. The maximum Gasteiger partial charge on any atom is 0.306 e. The number of nitrogens with zero attached hydrogens (tertiary/aromatic N) is 2. The van der Waals surface area contributed by atoms with Gasteiger partial charge in [-0.2, -0.15) is 0 Å². The summed E-state index contributed by atoms with van der Waals surface area (Å²) in [6.07, 6.45) is 3.40. The lowest BCUT2D eigenvalue weighted by molar-refractivity contribution is -0.143. The van der Waals surface area contributed by atoms with E-state index >= 15 is 0 Å². The van der Waals surface area contributed by atoms with Crippen LogP contribution in [0.15, 0.2) is 24.4 Å². The van der Waals surface area contributed by atoms with E-state index in [9.17, 15) is 9.59 Å². The highest BCUT2D eigenvalue weighted by Gasteiger charge is 2.24. The fourth-order valence-corrected chi connectivity index (χ4v) is 2.32. The van der Waals surface area contributed by atoms with Gasteiger partial charge in [0.25, 0.3) is 0 Å². The number of carboxylic acid groups (broad SMARTS) is 1. The van der Waals surface area contributed by atoms with Crippen LogP contribution in [0.25, 0.3) is 0 Å². The number of piperidine rings is 1. The molecule has 2 rings (SSSR count). The van der Waals surface area contributed by atoms with Crippen molar-refractivity contribution >= 4 is 11.8 Å². The highest BCUT2D eigenvalue weighted by atomic mass is 16.4. The number of Topliss-reactive ketones (excluding diaryl/α,β-unsaturated/α-hetero) is 1. The summed E-state index contributed by atoms with van der Waals surface area (Å²) in [5, 5.41) is 8.91. The normalized spacial score (nSPS) is 17.3. The van der Waals surface area contributed by atoms with Gasteiger partial charge >= 0.3 is 5.97 Å². The van der Waals surface area contributed by atoms with E-state index < -0.39 is 5.97 Å². The number of carbonyl (C=O) groups excluding carboxylic acids is 1. The molecule has 5 heteroatoms. The van der Waals surface area contributed by atoms with E-state index in [1.165, 1.54) is 0 Å². The Labute approximate surface area is 112 Å². The van der Waals surface area contributed by atoms with Crippen LogP contribution in [-0.4, -0.2) is 46.4 Å². The Morgan fingerprint density at radius 1 is 1.32 bits per heavy atom. The Kier molecular flexibility index (Phi) is 4.63. The third-order valence-electron chi connectivity index (χ3n) is 3.54. The van der Waals surface area contributed by atoms with Crippen molar-refractivity contribution in [1.82, 2.24) is 9.88 Å². The number of ketones is 1. The third kappa shape index (κ3) is 3.86. The second-order valence-corrected chi connectivity index (χ2v) is 4.84. The molecule has 1 aliphatic rings. The van der Waals surface area contributed by atoms with Gasteiger partial charge in [0.2, 0.25) is 0 Å². The zero-order chi connectivity index (χ0) is 13.7. The monoisotopic (exact) mass is 262 g/mol. The summed E-state index contributed by atoms with van der Waals surface area (Å²) in [7, 11) is 0. The zero-order valence-corrected chi connectivity index (χ0v) is 10.8. The van der Waals surface area contributed by atoms with Crippen LogP contribution in [-0.2, 0) is 4.79 Å². The molecular formula is C14H18N2O3. The Bertz CT molecular complexity index is 439. The van der Waals surface area contributed by atoms with E-state index in [1.807, 2.05) is 0 Å². The molecule has 0 amide bonds. The lowest BCUT2D eigenvalue weighted by atomic mass is 9.97. The van der Waals surface area contributed by atoms with Gasteiger partial charge in [-0.1, -0.05) is 6.07 Å². The second-order valence-electron chi connectivity index (χ2n) is 4.84. The van der Waals surface area contributed by atoms with Crippen LogP contribution >= 0.6 is 0 Å². The van der Waals surface area contributed by atoms with E-state index in [0.29, 0.717) is 31.5 Å². The standard InChI is InChI=1S/C14H18N2O3/c17-13(12-3-1-2-7-15-12)6-10-16-8-4-11(5-9-16)14(18)19/h1-3,7,11H,4-6,8-10H2,(H,18,19). The fraction of sp³-hybridized carbons (Fsp3) is 0.500. The molecule has 0 aromatic carbocycles. The SMILES string of the molecule is O=C(CCN1CCC(C(=O)O)CC1)c1ccccn1. The first-order valence-corrected chi connectivity index (χ1v) is 6.56. The lowest BCUT2D eigenvalue weighted by Gasteiger charge is -2.29. The number of aromatic nitrogens is 1. The summed E-state index contributed by atoms with van der Waals surface area (Å²) >= 11 is 0. The van der Waals surface area contributed by atoms with Crippen LogP contribution in [0.2, 0.25) is 0 Å². The topological polar surface area (TPSA) is 70.5 Å². The smallest absolute Gasteiger partial charge is 0.306 e. The quantitative estimate of drug-likeness (QED) is 0.813. The van der Waals surface area contributed by atoms with Crippen molar-refractivity contribution in [3.63, 3.8) is 0 Å². The number of hydrogen-bond acceptors (Lipinski definition) is 4. The van der Waals surface area contributed by atoms with Crippen LogP contribution in [0, 0.1) is 5.92 Å². The van der Waals surface area contributed by atoms with Gasteiger partial charge in [0.15, 0.2) is 5.78 Å². The number of carboxylic acids is 1. The minimum absolute atomic E-state index is 0.0426. The molecule has 5 nitrogen and oxygen atoms in total. The van der Waals surface area contributed by atoms with Gasteiger partial charge in [-0.3, -0.25) is 14.6 Å². The highest BCUT2D eigenvalue weighted by Crippen LogP contribution is 2.17. The van der Waals surface area contributed by atoms with Crippen molar-refractivity contribution in [2.45, 2.75) is 19.3 Å². The molecule has 0 saturated carbocycles. The van der Waals surface area contributed by atoms with E-state index in [-0.39, 0.29) is 11.7 Å². The molecule has 1 saturated heterocycles. The number of rotatable bonds is 5. The molecule has 0 unspecified atom stereocenters. The first kappa shape index (κ1) is 13.7. The Hall–Kier alpha value is -1.75. The van der Waals surface area contributed by atoms with Crippen molar-refractivity contribution in [3.05, 3.63) is 30.1 Å². The number of pyridine rings is 1. The van der Waals surface area contributed by atoms with Crippen LogP contribution in [0.3, 0.4) is 0 Å². The molecule has 102 valence electrons. The van der Waals surface area contributed by atoms with Crippen molar-refractivity contribution in [3.8, 4) is 0 Å². The predicted octanol–water partition coefficient (Wildman–Crippen LogP) is 1.45. The highest BCUT2D eigenvalue weighted by molar-refractivity contribution is 5.94. The van der Waals surface area contributed by atoms with Crippen molar-refractivity contribution < 1.29 is 14.7 Å². The molecule has 19 heavy (non-hydrogen) atoms. The average molecular weight is 262 g/mol. The molecule has 1 fully saturated rings. The van der Waals surface area contributed by atoms with Gasteiger partial charge in [0, 0.05) is 19.2 Å². The van der Waals surface area contributed by atoms with Crippen LogP contribution in [0.5, 0.6) is 0 Å². The predicted molar refractivity (Wildman–Crippen MR) is 70.0 cm³/mol. The van der Waals surface area contributed by atoms with Gasteiger partial charge in [-0.05, 0) is 38.1 Å². The van der Waals surface area contributed by atoms with Crippen molar-refractivity contribution in [1.29, 1.82) is 0 Å². The molecule has 0 atom stereocenters. The minimum Gasteiger partial charge on any atom is -0.481 e. The Morgan fingerprint density at radius 2 is 2.05 bits per heavy atom. The first-order valence-electron chi connectivity index (χ1n) is 6.56. The van der Waals surface area contributed by atoms with Crippen LogP contribution in [0.1, 0.15) is 29.8 Å². The van der Waals surface area contributed by atoms with Gasteiger partial charge in [0.1, 0.15) is 5.69 Å². The molecular weight excluding hydrogens is 244 g/mol. The molecule has 2 heterocycles. The largest absolute Gasteiger partial charge is 0.481 e. The van der Waals surface area contributed by atoms with E-state index in [1.54, 1.807) is 24.4 Å². The molecule has 1 aromatic heterocycles. The summed E-state index contributed by atoms with van der Waals surface area (Å²) in [4.78, 5) is 28.9. The lowest BCUT2D eigenvalue weighted by Crippen LogP contribution is -2.37. The van der Waals surface area contributed by atoms with E-state index in [4.69, 9.17) is 5.11 Å². The molecule has 0 radical (unpaired) electrons. The van der Waals surface area contributed by atoms with Crippen molar-refractivity contribution in [2.24, 2.45) is 5.92 Å². The molecule has 1 aliphatic heterocycles. The van der Waals surface area contributed by atoms with E-state index in [2.05, 4.69) is 9.88 Å². The van der Waals surface area contributed by atoms with E-state index in [0.717, 1.165) is 13.1 Å². The van der Waals surface area contributed by atoms with Gasteiger partial charge in [-0.15, -0.1) is 0 Å². The van der Waals surface area contributed by atoms with Crippen LogP contribution < -0.4 is 0 Å². The number of aliphatic carboxylic acids is 1. The summed E-state index contributed by atoms with van der Waals surface area (Å²) in [6.45, 7) is 2.20. The Morgan fingerprint density at radius 3 is 2.63 bits per heavy atom. The third-order valence-corrected chi connectivity index (χ3v) is 3.54. The summed E-state index contributed by atoms with van der Waals surface area (Å²) in [5.41, 5.74) is 0.503. The minimum atomic E-state index is -0.704. The summed E-state index contributed by atoms with van der Waals surface area (Å²) in [6, 6.07) is 5.31. The molecule has 0 aliphatic carbocycles. The Balaban J connectivity index is 1.75. The summed E-state index contributed by atoms with van der Waals surface area (Å²) in [5.74, 6) is -0.882.